The van der Waals surface area contributed by atoms with Crippen LogP contribution in [0.15, 0.2) is 48.5 Å². The van der Waals surface area contributed by atoms with E-state index in [1.54, 1.807) is 6.07 Å². The van der Waals surface area contributed by atoms with E-state index < -0.39 is 11.8 Å². The fourth-order valence-corrected chi connectivity index (χ4v) is 4.06. The number of anilines is 1. The van der Waals surface area contributed by atoms with Gasteiger partial charge in [0.05, 0.1) is 19.6 Å². The van der Waals surface area contributed by atoms with Crippen LogP contribution in [0.1, 0.15) is 30.0 Å². The Kier molecular flexibility index (Phi) is 7.71. The molecular weight excluding hydrogens is 400 g/mol. The van der Waals surface area contributed by atoms with Gasteiger partial charge in [0.1, 0.15) is 6.04 Å². The minimum Gasteiger partial charge on any atom is -0.378 e. The Labute approximate surface area is 183 Å². The molecule has 30 heavy (non-hydrogen) atoms. The van der Waals surface area contributed by atoms with E-state index in [9.17, 15) is 9.59 Å². The molecule has 0 radical (unpaired) electrons. The van der Waals surface area contributed by atoms with Gasteiger partial charge >= 0.3 is 11.8 Å². The second kappa shape index (κ2) is 10.5. The number of hydrogen-bond acceptors (Lipinski definition) is 3. The molecule has 1 heterocycles. The number of nitrogens with zero attached hydrogens (tertiary/aromatic N) is 1. The van der Waals surface area contributed by atoms with Crippen LogP contribution in [0, 0.1) is 0 Å². The zero-order valence-corrected chi connectivity index (χ0v) is 18.3. The molecule has 0 spiro atoms. The smallest absolute Gasteiger partial charge is 0.309 e. The van der Waals surface area contributed by atoms with Crippen LogP contribution in [0.3, 0.4) is 0 Å². The molecule has 0 unspecified atom stereocenters. The number of carbonyl (C=O) groups is 2. The number of amides is 2. The molecule has 7 heteroatoms. The van der Waals surface area contributed by atoms with Crippen LogP contribution in [0.2, 0.25) is 5.02 Å². The van der Waals surface area contributed by atoms with E-state index in [4.69, 9.17) is 11.6 Å². The number of likely N-dealkylation sites (tertiary alicyclic amines) is 1. The van der Waals surface area contributed by atoms with Crippen molar-refractivity contribution in [3.05, 3.63) is 64.7 Å². The van der Waals surface area contributed by atoms with Crippen LogP contribution in [-0.4, -0.2) is 45.5 Å². The highest BCUT2D eigenvalue weighted by Crippen LogP contribution is 2.17. The van der Waals surface area contributed by atoms with Crippen molar-refractivity contribution in [1.82, 2.24) is 10.6 Å². The summed E-state index contributed by atoms with van der Waals surface area (Å²) in [7, 11) is 4.03. The predicted molar refractivity (Wildman–Crippen MR) is 120 cm³/mol. The van der Waals surface area contributed by atoms with Crippen LogP contribution in [0.25, 0.3) is 0 Å². The van der Waals surface area contributed by atoms with Crippen molar-refractivity contribution in [3.8, 4) is 0 Å². The summed E-state index contributed by atoms with van der Waals surface area (Å²) < 4.78 is 0. The first-order valence-electron chi connectivity index (χ1n) is 10.4. The highest BCUT2D eigenvalue weighted by atomic mass is 35.5. The summed E-state index contributed by atoms with van der Waals surface area (Å²) in [4.78, 5) is 28.1. The standard InChI is InChI=1S/C23H29ClN4O2/c1-27(2)19-11-9-17(10-12-19)21(28-13-5-6-14-28)16-26-23(30)22(29)25-15-18-7-3-4-8-20(18)24/h3-4,7-12,21H,5-6,13-16H2,1-2H3,(H,25,29)(H,26,30)/p+1/t21-/m1/s1. The Balaban J connectivity index is 1.59. The lowest BCUT2D eigenvalue weighted by Gasteiger charge is -2.25. The van der Waals surface area contributed by atoms with Crippen LogP contribution in [0.4, 0.5) is 5.69 Å². The minimum atomic E-state index is -0.645. The van der Waals surface area contributed by atoms with Crippen molar-refractivity contribution in [3.63, 3.8) is 0 Å². The van der Waals surface area contributed by atoms with Gasteiger partial charge in [0.2, 0.25) is 0 Å². The third-order valence-corrected chi connectivity index (χ3v) is 5.99. The number of quaternary nitrogens is 1. The predicted octanol–water partition coefficient (Wildman–Crippen LogP) is 1.56. The summed E-state index contributed by atoms with van der Waals surface area (Å²) in [6.45, 7) is 2.80. The van der Waals surface area contributed by atoms with E-state index in [-0.39, 0.29) is 12.6 Å². The van der Waals surface area contributed by atoms with E-state index >= 15 is 0 Å². The van der Waals surface area contributed by atoms with Crippen molar-refractivity contribution in [1.29, 1.82) is 0 Å². The van der Waals surface area contributed by atoms with Gasteiger partial charge in [0.25, 0.3) is 0 Å². The maximum atomic E-state index is 12.4. The SMILES string of the molecule is CN(C)c1ccc([C@@H](CNC(=O)C(=O)NCc2ccccc2Cl)[NH+]2CCCC2)cc1. The number of carbonyl (C=O) groups excluding carboxylic acids is 2. The molecule has 3 rings (SSSR count). The van der Waals surface area contributed by atoms with Crippen molar-refractivity contribution >= 4 is 29.1 Å². The van der Waals surface area contributed by atoms with Crippen molar-refractivity contribution in [2.75, 3.05) is 38.6 Å². The molecule has 160 valence electrons. The van der Waals surface area contributed by atoms with E-state index in [2.05, 4.69) is 39.8 Å². The molecule has 3 N–H and O–H groups in total. The zero-order valence-electron chi connectivity index (χ0n) is 17.6. The first-order chi connectivity index (χ1) is 14.5. The molecule has 2 aromatic carbocycles. The molecule has 0 bridgehead atoms. The summed E-state index contributed by atoms with van der Waals surface area (Å²) >= 11 is 6.10. The zero-order chi connectivity index (χ0) is 21.5. The lowest BCUT2D eigenvalue weighted by atomic mass is 10.0. The van der Waals surface area contributed by atoms with Gasteiger partial charge in [-0.2, -0.15) is 0 Å². The fraction of sp³-hybridized carbons (Fsp3) is 0.391. The molecule has 0 aromatic heterocycles. The number of hydrogen-bond donors (Lipinski definition) is 3. The third kappa shape index (κ3) is 5.74. The van der Waals surface area contributed by atoms with Gasteiger partial charge in [-0.3, -0.25) is 9.59 Å². The molecular formula is C23H30ClN4O2+. The van der Waals surface area contributed by atoms with Gasteiger partial charge in [-0.05, 0) is 23.8 Å². The second-order valence-corrected chi connectivity index (χ2v) is 8.30. The third-order valence-electron chi connectivity index (χ3n) is 5.62. The summed E-state index contributed by atoms with van der Waals surface area (Å²) in [5, 5.41) is 6.04. The summed E-state index contributed by atoms with van der Waals surface area (Å²) in [5.74, 6) is -1.26. The minimum absolute atomic E-state index is 0.129. The fourth-order valence-electron chi connectivity index (χ4n) is 3.85. The number of benzene rings is 2. The maximum absolute atomic E-state index is 12.4. The highest BCUT2D eigenvalue weighted by molar-refractivity contribution is 6.35. The normalized spacial score (nSPS) is 14.9. The number of rotatable bonds is 7. The number of nitrogens with one attached hydrogen (secondary N) is 3. The van der Waals surface area contributed by atoms with Gasteiger partial charge < -0.3 is 20.4 Å². The number of halogens is 1. The van der Waals surface area contributed by atoms with Crippen LogP contribution >= 0.6 is 11.6 Å². The Morgan fingerprint density at radius 2 is 1.63 bits per heavy atom. The van der Waals surface area contributed by atoms with Crippen LogP contribution in [-0.2, 0) is 16.1 Å². The monoisotopic (exact) mass is 429 g/mol. The van der Waals surface area contributed by atoms with E-state index in [0.29, 0.717) is 11.6 Å². The molecule has 1 atom stereocenters. The molecule has 1 saturated heterocycles. The summed E-state index contributed by atoms with van der Waals surface area (Å²) in [6.07, 6.45) is 2.38. The van der Waals surface area contributed by atoms with Crippen LogP contribution in [0.5, 0.6) is 0 Å². The summed E-state index contributed by atoms with van der Waals surface area (Å²) in [5.41, 5.74) is 3.09. The van der Waals surface area contributed by atoms with Gasteiger partial charge in [0.15, 0.2) is 0 Å². The lowest BCUT2D eigenvalue weighted by Crippen LogP contribution is -3.11. The molecule has 1 fully saturated rings. The molecule has 6 nitrogen and oxygen atoms in total. The first kappa shape index (κ1) is 22.1. The maximum Gasteiger partial charge on any atom is 0.309 e. The van der Waals surface area contributed by atoms with Crippen molar-refractivity contribution in [2.45, 2.75) is 25.4 Å². The van der Waals surface area contributed by atoms with Gasteiger partial charge in [-0.1, -0.05) is 41.9 Å². The van der Waals surface area contributed by atoms with E-state index in [0.717, 1.165) is 24.3 Å². The Bertz CT molecular complexity index is 864. The van der Waals surface area contributed by atoms with Gasteiger partial charge in [0, 0.05) is 49.8 Å². The van der Waals surface area contributed by atoms with Crippen molar-refractivity contribution < 1.29 is 14.5 Å². The first-order valence-corrected chi connectivity index (χ1v) is 10.7. The second-order valence-electron chi connectivity index (χ2n) is 7.89. The quantitative estimate of drug-likeness (QED) is 0.585. The topological polar surface area (TPSA) is 65.9 Å². The van der Waals surface area contributed by atoms with Crippen LogP contribution < -0.4 is 20.4 Å². The lowest BCUT2D eigenvalue weighted by molar-refractivity contribution is -0.918. The Morgan fingerprint density at radius 1 is 1.00 bits per heavy atom. The van der Waals surface area contributed by atoms with Gasteiger partial charge in [-0.25, -0.2) is 0 Å². The molecule has 0 saturated carbocycles. The summed E-state index contributed by atoms with van der Waals surface area (Å²) in [6, 6.07) is 15.8. The molecule has 1 aliphatic rings. The van der Waals surface area contributed by atoms with E-state index in [1.807, 2.05) is 32.3 Å². The average Bonchev–Trinajstić information content (AvgIpc) is 3.28. The van der Waals surface area contributed by atoms with Crippen molar-refractivity contribution in [2.24, 2.45) is 0 Å². The largest absolute Gasteiger partial charge is 0.378 e. The van der Waals surface area contributed by atoms with Gasteiger partial charge in [-0.15, -0.1) is 0 Å². The molecule has 0 aliphatic carbocycles. The molecule has 2 amide bonds. The molecule has 2 aromatic rings. The average molecular weight is 430 g/mol. The molecule has 1 aliphatic heterocycles. The highest BCUT2D eigenvalue weighted by Gasteiger charge is 2.28. The Hall–Kier alpha value is -2.57. The Morgan fingerprint density at radius 3 is 2.27 bits per heavy atom. The van der Waals surface area contributed by atoms with E-state index in [1.165, 1.54) is 23.3 Å².